The van der Waals surface area contributed by atoms with Gasteiger partial charge >= 0.3 is 0 Å². The van der Waals surface area contributed by atoms with E-state index in [-0.39, 0.29) is 17.5 Å². The average molecular weight is 430 g/mol. The number of Topliss-reactive ketones (excluding diaryl/α,β-unsaturated/α-hetero) is 1. The van der Waals surface area contributed by atoms with Gasteiger partial charge in [0.15, 0.2) is 12.3 Å². The maximum atomic E-state index is 13.6. The molecule has 0 radical (unpaired) electrons. The normalized spacial score (nSPS) is 19.5. The molecule has 0 aromatic heterocycles. The highest BCUT2D eigenvalue weighted by molar-refractivity contribution is 5.88. The number of carbonyl (C=O) groups is 2. The molecule has 2 aromatic rings. The SMILES string of the molecule is COc1ccc(F)cc1C[NH+]1CC[NH+](CC(=O)N[C@H](Cc2ccccc2)C(C)=O)CC1. The number of piperazine rings is 1. The third kappa shape index (κ3) is 6.87. The van der Waals surface area contributed by atoms with Crippen molar-refractivity contribution in [2.75, 3.05) is 39.8 Å². The highest BCUT2D eigenvalue weighted by Crippen LogP contribution is 2.18. The third-order valence-corrected chi connectivity index (χ3v) is 5.87. The number of hydrogen-bond acceptors (Lipinski definition) is 3. The Kier molecular flexibility index (Phi) is 8.14. The van der Waals surface area contributed by atoms with Crippen LogP contribution in [0.15, 0.2) is 48.5 Å². The standard InChI is InChI=1S/C24H30FN3O3/c1-18(29)22(14-19-6-4-3-5-7-19)26-24(30)17-28-12-10-27(11-13-28)16-20-15-21(25)8-9-23(20)31-2/h3-9,15,22H,10-14,16-17H2,1-2H3,(H,26,30)/p+2/t22-/m1/s1. The van der Waals surface area contributed by atoms with Crippen LogP contribution in [0.4, 0.5) is 4.39 Å². The molecule has 3 N–H and O–H groups in total. The van der Waals surface area contributed by atoms with Gasteiger partial charge in [0.2, 0.25) is 0 Å². The van der Waals surface area contributed by atoms with E-state index in [1.54, 1.807) is 13.2 Å². The van der Waals surface area contributed by atoms with Gasteiger partial charge in [-0.2, -0.15) is 0 Å². The number of quaternary nitrogens is 2. The minimum atomic E-state index is -0.498. The van der Waals surface area contributed by atoms with E-state index in [0.717, 1.165) is 37.3 Å². The first kappa shape index (κ1) is 22.9. The van der Waals surface area contributed by atoms with Crippen LogP contribution >= 0.6 is 0 Å². The number of halogens is 1. The fraction of sp³-hybridized carbons (Fsp3) is 0.417. The molecule has 1 amide bonds. The van der Waals surface area contributed by atoms with Crippen LogP contribution in [0, 0.1) is 5.82 Å². The average Bonchev–Trinajstić information content (AvgIpc) is 2.75. The van der Waals surface area contributed by atoms with Gasteiger partial charge in [-0.15, -0.1) is 0 Å². The number of ether oxygens (including phenoxy) is 1. The van der Waals surface area contributed by atoms with Gasteiger partial charge in [-0.1, -0.05) is 30.3 Å². The fourth-order valence-electron chi connectivity index (χ4n) is 4.08. The van der Waals surface area contributed by atoms with Crippen LogP contribution in [0.5, 0.6) is 5.75 Å². The molecule has 2 aromatic carbocycles. The quantitative estimate of drug-likeness (QED) is 0.501. The first-order chi connectivity index (χ1) is 14.9. The predicted molar refractivity (Wildman–Crippen MR) is 116 cm³/mol. The Balaban J connectivity index is 1.47. The molecule has 0 unspecified atom stereocenters. The van der Waals surface area contributed by atoms with E-state index < -0.39 is 6.04 Å². The van der Waals surface area contributed by atoms with Crippen LogP contribution in [0.2, 0.25) is 0 Å². The third-order valence-electron chi connectivity index (χ3n) is 5.87. The Bertz CT molecular complexity index is 883. The molecule has 1 atom stereocenters. The van der Waals surface area contributed by atoms with Crippen molar-refractivity contribution < 1.29 is 28.5 Å². The number of benzene rings is 2. The van der Waals surface area contributed by atoms with Crippen LogP contribution < -0.4 is 19.9 Å². The van der Waals surface area contributed by atoms with Crippen LogP contribution in [0.3, 0.4) is 0 Å². The Morgan fingerprint density at radius 3 is 2.39 bits per heavy atom. The first-order valence-corrected chi connectivity index (χ1v) is 10.8. The van der Waals surface area contributed by atoms with E-state index in [1.807, 2.05) is 30.3 Å². The van der Waals surface area contributed by atoms with Crippen molar-refractivity contribution in [2.24, 2.45) is 0 Å². The van der Waals surface area contributed by atoms with Gasteiger partial charge < -0.3 is 19.9 Å². The molecule has 1 saturated heterocycles. The zero-order chi connectivity index (χ0) is 22.2. The van der Waals surface area contributed by atoms with Crippen molar-refractivity contribution in [1.82, 2.24) is 5.32 Å². The monoisotopic (exact) mass is 429 g/mol. The summed E-state index contributed by atoms with van der Waals surface area (Å²) < 4.78 is 19.0. The lowest BCUT2D eigenvalue weighted by atomic mass is 10.0. The number of amides is 1. The van der Waals surface area contributed by atoms with E-state index in [9.17, 15) is 14.0 Å². The molecule has 1 fully saturated rings. The molecular weight excluding hydrogens is 397 g/mol. The summed E-state index contributed by atoms with van der Waals surface area (Å²) in [5, 5.41) is 2.91. The molecule has 0 aliphatic carbocycles. The van der Waals surface area contributed by atoms with E-state index >= 15 is 0 Å². The van der Waals surface area contributed by atoms with Crippen molar-refractivity contribution in [3.63, 3.8) is 0 Å². The largest absolute Gasteiger partial charge is 0.496 e. The van der Waals surface area contributed by atoms with Crippen molar-refractivity contribution in [3.05, 3.63) is 65.5 Å². The first-order valence-electron chi connectivity index (χ1n) is 10.8. The zero-order valence-corrected chi connectivity index (χ0v) is 18.2. The fourth-order valence-corrected chi connectivity index (χ4v) is 4.08. The molecule has 1 heterocycles. The van der Waals surface area contributed by atoms with Crippen LogP contribution in [0.1, 0.15) is 18.1 Å². The summed E-state index contributed by atoms with van der Waals surface area (Å²) in [4.78, 5) is 27.1. The molecule has 0 saturated carbocycles. The summed E-state index contributed by atoms with van der Waals surface area (Å²) in [6.45, 7) is 6.06. The Morgan fingerprint density at radius 1 is 1.06 bits per heavy atom. The summed E-state index contributed by atoms with van der Waals surface area (Å²) in [6.07, 6.45) is 0.505. The van der Waals surface area contributed by atoms with Crippen LogP contribution in [-0.2, 0) is 22.6 Å². The van der Waals surface area contributed by atoms with Gasteiger partial charge in [0.1, 0.15) is 44.3 Å². The second-order valence-electron chi connectivity index (χ2n) is 8.23. The number of nitrogens with one attached hydrogen (secondary N) is 3. The van der Waals surface area contributed by atoms with Gasteiger partial charge in [-0.25, -0.2) is 4.39 Å². The summed E-state index contributed by atoms with van der Waals surface area (Å²) in [7, 11) is 1.60. The number of rotatable bonds is 9. The van der Waals surface area contributed by atoms with Crippen molar-refractivity contribution >= 4 is 11.7 Å². The van der Waals surface area contributed by atoms with E-state index in [4.69, 9.17) is 4.74 Å². The smallest absolute Gasteiger partial charge is 0.275 e. The minimum Gasteiger partial charge on any atom is -0.496 e. The van der Waals surface area contributed by atoms with Gasteiger partial charge in [0.25, 0.3) is 5.91 Å². The molecule has 1 aliphatic rings. The summed E-state index contributed by atoms with van der Waals surface area (Å²) in [5.41, 5.74) is 1.89. The topological polar surface area (TPSA) is 64.3 Å². The number of ketones is 1. The highest BCUT2D eigenvalue weighted by Gasteiger charge is 2.27. The molecule has 1 aliphatic heterocycles. The van der Waals surface area contributed by atoms with Crippen LogP contribution in [0.25, 0.3) is 0 Å². The van der Waals surface area contributed by atoms with Crippen LogP contribution in [-0.4, -0.2) is 57.6 Å². The molecule has 31 heavy (non-hydrogen) atoms. The number of hydrogen-bond donors (Lipinski definition) is 3. The van der Waals surface area contributed by atoms with E-state index in [1.165, 1.54) is 28.9 Å². The summed E-state index contributed by atoms with van der Waals surface area (Å²) >= 11 is 0. The van der Waals surface area contributed by atoms with Gasteiger partial charge in [0.05, 0.1) is 18.7 Å². The Labute approximate surface area is 183 Å². The highest BCUT2D eigenvalue weighted by atomic mass is 19.1. The molecule has 3 rings (SSSR count). The Hall–Kier alpha value is -2.77. The van der Waals surface area contributed by atoms with Crippen molar-refractivity contribution in [3.8, 4) is 5.75 Å². The number of carbonyl (C=O) groups excluding carboxylic acids is 2. The lowest BCUT2D eigenvalue weighted by Gasteiger charge is -2.30. The second-order valence-corrected chi connectivity index (χ2v) is 8.23. The maximum absolute atomic E-state index is 13.6. The lowest BCUT2D eigenvalue weighted by Crippen LogP contribution is -3.28. The zero-order valence-electron chi connectivity index (χ0n) is 18.2. The Morgan fingerprint density at radius 2 is 1.74 bits per heavy atom. The van der Waals surface area contributed by atoms with E-state index in [2.05, 4.69) is 5.32 Å². The molecular formula is C24H32FN3O3+2. The van der Waals surface area contributed by atoms with Crippen molar-refractivity contribution in [2.45, 2.75) is 25.9 Å². The van der Waals surface area contributed by atoms with Gasteiger partial charge in [-0.3, -0.25) is 9.59 Å². The molecule has 0 bridgehead atoms. The second kappa shape index (κ2) is 11.0. The van der Waals surface area contributed by atoms with E-state index in [0.29, 0.717) is 25.3 Å². The lowest BCUT2D eigenvalue weighted by molar-refractivity contribution is -1.02. The summed E-state index contributed by atoms with van der Waals surface area (Å²) in [5.74, 6) is 0.315. The molecule has 6 nitrogen and oxygen atoms in total. The molecule has 7 heteroatoms. The molecule has 166 valence electrons. The van der Waals surface area contributed by atoms with Gasteiger partial charge in [0, 0.05) is 0 Å². The van der Waals surface area contributed by atoms with Crippen molar-refractivity contribution in [1.29, 1.82) is 0 Å². The minimum absolute atomic E-state index is 0.0366. The van der Waals surface area contributed by atoms with Gasteiger partial charge in [-0.05, 0) is 37.1 Å². The maximum Gasteiger partial charge on any atom is 0.275 e. The molecule has 0 spiro atoms. The number of methoxy groups -OCH3 is 1. The predicted octanol–water partition coefficient (Wildman–Crippen LogP) is -0.566. The summed E-state index contributed by atoms with van der Waals surface area (Å²) in [6, 6.07) is 13.8.